The quantitative estimate of drug-likeness (QED) is 0.790. The van der Waals surface area contributed by atoms with E-state index >= 15 is 0 Å². The Bertz CT molecular complexity index is 372. The van der Waals surface area contributed by atoms with Crippen molar-refractivity contribution in [1.29, 1.82) is 0 Å². The minimum atomic E-state index is -0.00633. The number of hydrogen-bond acceptors (Lipinski definition) is 2. The Morgan fingerprint density at radius 2 is 2.00 bits per heavy atom. The van der Waals surface area contributed by atoms with E-state index in [4.69, 9.17) is 10.5 Å². The fourth-order valence-corrected chi connectivity index (χ4v) is 1.53. The van der Waals surface area contributed by atoms with Crippen LogP contribution in [-0.4, -0.2) is 19.8 Å². The molecule has 2 nitrogen and oxygen atoms in total. The lowest BCUT2D eigenvalue weighted by atomic mass is 10.1. The van der Waals surface area contributed by atoms with E-state index in [-0.39, 0.29) is 6.04 Å². The second kappa shape index (κ2) is 7.89. The highest BCUT2D eigenvalue weighted by Gasteiger charge is 1.95. The Kier molecular flexibility index (Phi) is 6.39. The predicted molar refractivity (Wildman–Crippen MR) is 71.8 cm³/mol. The van der Waals surface area contributed by atoms with Crippen LogP contribution in [0.15, 0.2) is 24.3 Å². The zero-order chi connectivity index (χ0) is 12.5. The summed E-state index contributed by atoms with van der Waals surface area (Å²) in [6.45, 7) is 2.87. The molecular formula is C15H21NO. The SMILES string of the molecule is CCCC(N)C#Cc1ccc(CCOC)cc1. The van der Waals surface area contributed by atoms with Crippen molar-refractivity contribution >= 4 is 0 Å². The number of ether oxygens (including phenoxy) is 1. The van der Waals surface area contributed by atoms with Crippen molar-refractivity contribution in [3.05, 3.63) is 35.4 Å². The van der Waals surface area contributed by atoms with Gasteiger partial charge in [0.15, 0.2) is 0 Å². The van der Waals surface area contributed by atoms with E-state index in [9.17, 15) is 0 Å². The summed E-state index contributed by atoms with van der Waals surface area (Å²) in [5.41, 5.74) is 8.14. The maximum absolute atomic E-state index is 5.84. The summed E-state index contributed by atoms with van der Waals surface area (Å²) < 4.78 is 5.04. The van der Waals surface area contributed by atoms with Crippen LogP contribution in [-0.2, 0) is 11.2 Å². The molecule has 1 atom stereocenters. The van der Waals surface area contributed by atoms with Gasteiger partial charge in [-0.05, 0) is 30.5 Å². The van der Waals surface area contributed by atoms with Crippen molar-refractivity contribution in [3.63, 3.8) is 0 Å². The van der Waals surface area contributed by atoms with Gasteiger partial charge in [0.25, 0.3) is 0 Å². The molecule has 0 aromatic heterocycles. The first-order chi connectivity index (χ1) is 8.26. The first-order valence-corrected chi connectivity index (χ1v) is 6.11. The third kappa shape index (κ3) is 5.53. The van der Waals surface area contributed by atoms with Gasteiger partial charge in [-0.25, -0.2) is 0 Å². The van der Waals surface area contributed by atoms with Gasteiger partial charge in [-0.3, -0.25) is 0 Å². The van der Waals surface area contributed by atoms with Gasteiger partial charge in [0.1, 0.15) is 0 Å². The molecule has 1 aromatic rings. The molecule has 0 radical (unpaired) electrons. The van der Waals surface area contributed by atoms with Gasteiger partial charge in [0.05, 0.1) is 12.6 Å². The molecule has 17 heavy (non-hydrogen) atoms. The molecule has 1 aromatic carbocycles. The Morgan fingerprint density at radius 1 is 1.29 bits per heavy atom. The molecule has 0 aliphatic carbocycles. The second-order valence-corrected chi connectivity index (χ2v) is 4.10. The molecule has 0 heterocycles. The lowest BCUT2D eigenvalue weighted by Gasteiger charge is -2.01. The first kappa shape index (κ1) is 13.8. The highest BCUT2D eigenvalue weighted by atomic mass is 16.5. The normalized spacial score (nSPS) is 11.7. The van der Waals surface area contributed by atoms with E-state index in [2.05, 4.69) is 30.9 Å². The van der Waals surface area contributed by atoms with Crippen LogP contribution in [0.4, 0.5) is 0 Å². The molecule has 92 valence electrons. The third-order valence-corrected chi connectivity index (χ3v) is 2.55. The van der Waals surface area contributed by atoms with Crippen LogP contribution in [0.1, 0.15) is 30.9 Å². The maximum atomic E-state index is 5.84. The number of nitrogens with two attached hydrogens (primary N) is 1. The van der Waals surface area contributed by atoms with Gasteiger partial charge in [0, 0.05) is 12.7 Å². The Hall–Kier alpha value is -1.30. The van der Waals surface area contributed by atoms with Gasteiger partial charge in [-0.1, -0.05) is 37.3 Å². The van der Waals surface area contributed by atoms with Crippen LogP contribution < -0.4 is 5.73 Å². The fraction of sp³-hybridized carbons (Fsp3) is 0.467. The standard InChI is InChI=1S/C15H21NO/c1-3-4-15(16)10-9-13-5-7-14(8-6-13)11-12-17-2/h5-8,15H,3-4,11-12,16H2,1-2H3. The minimum absolute atomic E-state index is 0.00633. The molecule has 2 heteroatoms. The van der Waals surface area contributed by atoms with Crippen LogP contribution >= 0.6 is 0 Å². The van der Waals surface area contributed by atoms with E-state index in [0.717, 1.165) is 31.4 Å². The van der Waals surface area contributed by atoms with Crippen molar-refractivity contribution in [3.8, 4) is 11.8 Å². The van der Waals surface area contributed by atoms with E-state index in [1.165, 1.54) is 5.56 Å². The molecule has 0 bridgehead atoms. The van der Waals surface area contributed by atoms with Gasteiger partial charge in [-0.15, -0.1) is 0 Å². The predicted octanol–water partition coefficient (Wildman–Crippen LogP) is 2.35. The van der Waals surface area contributed by atoms with Crippen LogP contribution in [0.25, 0.3) is 0 Å². The number of hydrogen-bond donors (Lipinski definition) is 1. The second-order valence-electron chi connectivity index (χ2n) is 4.10. The molecule has 0 aliphatic rings. The Balaban J connectivity index is 2.55. The maximum Gasteiger partial charge on any atom is 0.0668 e. The third-order valence-electron chi connectivity index (χ3n) is 2.55. The summed E-state index contributed by atoms with van der Waals surface area (Å²) >= 11 is 0. The van der Waals surface area contributed by atoms with E-state index in [1.807, 2.05) is 12.1 Å². The summed E-state index contributed by atoms with van der Waals surface area (Å²) in [7, 11) is 1.72. The molecule has 0 saturated carbocycles. The average molecular weight is 231 g/mol. The van der Waals surface area contributed by atoms with Gasteiger partial charge in [-0.2, -0.15) is 0 Å². The Morgan fingerprint density at radius 3 is 2.59 bits per heavy atom. The fourth-order valence-electron chi connectivity index (χ4n) is 1.53. The minimum Gasteiger partial charge on any atom is -0.384 e. The number of methoxy groups -OCH3 is 1. The molecule has 0 saturated heterocycles. The van der Waals surface area contributed by atoms with Crippen LogP contribution in [0, 0.1) is 11.8 Å². The molecule has 0 fully saturated rings. The zero-order valence-corrected chi connectivity index (χ0v) is 10.7. The molecule has 0 aliphatic heterocycles. The monoisotopic (exact) mass is 231 g/mol. The Labute approximate surface area is 104 Å². The van der Waals surface area contributed by atoms with E-state index < -0.39 is 0 Å². The highest BCUT2D eigenvalue weighted by molar-refractivity contribution is 5.37. The van der Waals surface area contributed by atoms with Gasteiger partial charge < -0.3 is 10.5 Å². The topological polar surface area (TPSA) is 35.2 Å². The van der Waals surface area contributed by atoms with Crippen molar-refractivity contribution < 1.29 is 4.74 Å². The number of rotatable bonds is 5. The van der Waals surface area contributed by atoms with E-state index in [0.29, 0.717) is 0 Å². The van der Waals surface area contributed by atoms with Gasteiger partial charge >= 0.3 is 0 Å². The average Bonchev–Trinajstić information content (AvgIpc) is 2.35. The largest absolute Gasteiger partial charge is 0.384 e. The smallest absolute Gasteiger partial charge is 0.0668 e. The summed E-state index contributed by atoms with van der Waals surface area (Å²) in [6, 6.07) is 8.25. The van der Waals surface area contributed by atoms with Crippen molar-refractivity contribution in [2.75, 3.05) is 13.7 Å². The molecule has 1 rings (SSSR count). The van der Waals surface area contributed by atoms with Crippen LogP contribution in [0.2, 0.25) is 0 Å². The highest BCUT2D eigenvalue weighted by Crippen LogP contribution is 2.04. The van der Waals surface area contributed by atoms with Crippen molar-refractivity contribution in [2.45, 2.75) is 32.2 Å². The van der Waals surface area contributed by atoms with Crippen molar-refractivity contribution in [1.82, 2.24) is 0 Å². The number of benzene rings is 1. The van der Waals surface area contributed by atoms with E-state index in [1.54, 1.807) is 7.11 Å². The molecular weight excluding hydrogens is 210 g/mol. The molecule has 0 spiro atoms. The lowest BCUT2D eigenvalue weighted by molar-refractivity contribution is 0.202. The van der Waals surface area contributed by atoms with Crippen molar-refractivity contribution in [2.24, 2.45) is 5.73 Å². The van der Waals surface area contributed by atoms with Crippen LogP contribution in [0.3, 0.4) is 0 Å². The summed E-state index contributed by atoms with van der Waals surface area (Å²) in [5.74, 6) is 6.17. The first-order valence-electron chi connectivity index (χ1n) is 6.11. The summed E-state index contributed by atoms with van der Waals surface area (Å²) in [5, 5.41) is 0. The lowest BCUT2D eigenvalue weighted by Crippen LogP contribution is -2.16. The zero-order valence-electron chi connectivity index (χ0n) is 10.7. The summed E-state index contributed by atoms with van der Waals surface area (Å²) in [4.78, 5) is 0. The molecule has 2 N–H and O–H groups in total. The van der Waals surface area contributed by atoms with Gasteiger partial charge in [0.2, 0.25) is 0 Å². The molecule has 1 unspecified atom stereocenters. The molecule has 0 amide bonds. The summed E-state index contributed by atoms with van der Waals surface area (Å²) in [6.07, 6.45) is 2.98. The van der Waals surface area contributed by atoms with Crippen LogP contribution in [0.5, 0.6) is 0 Å².